The summed E-state index contributed by atoms with van der Waals surface area (Å²) in [6.07, 6.45) is 3.73. The lowest BCUT2D eigenvalue weighted by Gasteiger charge is -2.16. The van der Waals surface area contributed by atoms with Crippen LogP contribution in [0.1, 0.15) is 22.8 Å². The number of carbonyl (C=O) groups is 1. The van der Waals surface area contributed by atoms with Crippen molar-refractivity contribution >= 4 is 5.91 Å². The maximum Gasteiger partial charge on any atom is 0.253 e. The van der Waals surface area contributed by atoms with Crippen LogP contribution < -0.4 is 4.74 Å². The van der Waals surface area contributed by atoms with Crippen LogP contribution in [0.4, 0.5) is 0 Å². The molecule has 3 aromatic rings. The van der Waals surface area contributed by atoms with Crippen molar-refractivity contribution in [2.45, 2.75) is 13.5 Å². The van der Waals surface area contributed by atoms with Gasteiger partial charge in [0.1, 0.15) is 5.75 Å². The Labute approximate surface area is 147 Å². The first kappa shape index (κ1) is 16.8. The molecule has 1 amide bonds. The molecule has 0 spiro atoms. The first-order chi connectivity index (χ1) is 12.2. The van der Waals surface area contributed by atoms with Crippen molar-refractivity contribution < 1.29 is 9.53 Å². The molecule has 0 saturated carbocycles. The number of hydrogen-bond acceptors (Lipinski definition) is 3. The van der Waals surface area contributed by atoms with E-state index in [1.165, 1.54) is 0 Å². The molecule has 128 valence electrons. The summed E-state index contributed by atoms with van der Waals surface area (Å²) in [5.74, 6) is 0.737. The van der Waals surface area contributed by atoms with Crippen LogP contribution in [0.2, 0.25) is 0 Å². The zero-order chi connectivity index (χ0) is 17.6. The quantitative estimate of drug-likeness (QED) is 0.692. The fraction of sp³-hybridized carbons (Fsp3) is 0.200. The Morgan fingerprint density at radius 1 is 1.12 bits per heavy atom. The molecule has 0 bridgehead atoms. The highest BCUT2D eigenvalue weighted by Gasteiger charge is 2.13. The molecule has 1 aromatic heterocycles. The highest BCUT2D eigenvalue weighted by atomic mass is 16.5. The van der Waals surface area contributed by atoms with Crippen molar-refractivity contribution in [2.75, 3.05) is 13.7 Å². The van der Waals surface area contributed by atoms with Crippen LogP contribution in [0.15, 0.2) is 67.0 Å². The Morgan fingerprint density at radius 3 is 2.52 bits per heavy atom. The zero-order valence-electron chi connectivity index (χ0n) is 14.4. The lowest BCUT2D eigenvalue weighted by Crippen LogP contribution is -2.25. The van der Waals surface area contributed by atoms with E-state index in [9.17, 15) is 4.79 Å². The average molecular weight is 335 g/mol. The zero-order valence-corrected chi connectivity index (χ0v) is 14.4. The standard InChI is InChI=1S/C20H21N3O2/c1-3-25-19-11-9-17(10-12-19)20(24)22(2)14-16-13-21-23(15-16)18-7-5-4-6-8-18/h4-13,15H,3,14H2,1-2H3. The van der Waals surface area contributed by atoms with Crippen molar-refractivity contribution in [3.05, 3.63) is 78.1 Å². The number of amides is 1. The summed E-state index contributed by atoms with van der Waals surface area (Å²) < 4.78 is 7.22. The van der Waals surface area contributed by atoms with Gasteiger partial charge >= 0.3 is 0 Å². The Hall–Kier alpha value is -3.08. The Balaban J connectivity index is 1.66. The number of ether oxygens (including phenoxy) is 1. The van der Waals surface area contributed by atoms with Crippen LogP contribution in [0.5, 0.6) is 5.75 Å². The van der Waals surface area contributed by atoms with E-state index in [1.54, 1.807) is 30.3 Å². The van der Waals surface area contributed by atoms with E-state index in [0.717, 1.165) is 17.0 Å². The van der Waals surface area contributed by atoms with Gasteiger partial charge in [-0.2, -0.15) is 5.10 Å². The van der Waals surface area contributed by atoms with Crippen molar-refractivity contribution in [3.8, 4) is 11.4 Å². The number of aromatic nitrogens is 2. The molecule has 0 aliphatic rings. The highest BCUT2D eigenvalue weighted by Crippen LogP contribution is 2.15. The Morgan fingerprint density at radius 2 is 1.84 bits per heavy atom. The summed E-state index contributed by atoms with van der Waals surface area (Å²) in [6.45, 7) is 3.04. The van der Waals surface area contributed by atoms with Gasteiger partial charge in [-0.05, 0) is 43.3 Å². The molecule has 1 heterocycles. The van der Waals surface area contributed by atoms with Crippen LogP contribution in [-0.2, 0) is 6.54 Å². The minimum atomic E-state index is -0.0319. The average Bonchev–Trinajstić information content (AvgIpc) is 3.11. The SMILES string of the molecule is CCOc1ccc(C(=O)N(C)Cc2cnn(-c3ccccc3)c2)cc1. The second-order valence-electron chi connectivity index (χ2n) is 5.75. The van der Waals surface area contributed by atoms with Gasteiger partial charge in [0.25, 0.3) is 5.91 Å². The maximum atomic E-state index is 12.6. The van der Waals surface area contributed by atoms with Gasteiger partial charge in [-0.3, -0.25) is 4.79 Å². The van der Waals surface area contributed by atoms with Crippen molar-refractivity contribution in [1.29, 1.82) is 0 Å². The van der Waals surface area contributed by atoms with E-state index >= 15 is 0 Å². The number of carbonyl (C=O) groups excluding carboxylic acids is 1. The van der Waals surface area contributed by atoms with Crippen LogP contribution in [0.3, 0.4) is 0 Å². The molecular weight excluding hydrogens is 314 g/mol. The molecule has 0 aliphatic heterocycles. The molecule has 0 aliphatic carbocycles. The number of hydrogen-bond donors (Lipinski definition) is 0. The Kier molecular flexibility index (Phi) is 5.14. The number of para-hydroxylation sites is 1. The van der Waals surface area contributed by atoms with Crippen LogP contribution in [-0.4, -0.2) is 34.2 Å². The topological polar surface area (TPSA) is 47.4 Å². The number of rotatable bonds is 6. The maximum absolute atomic E-state index is 12.6. The third-order valence-electron chi connectivity index (χ3n) is 3.84. The summed E-state index contributed by atoms with van der Waals surface area (Å²) in [6, 6.07) is 17.1. The van der Waals surface area contributed by atoms with Gasteiger partial charge in [-0.25, -0.2) is 4.68 Å². The van der Waals surface area contributed by atoms with Gasteiger partial charge in [0, 0.05) is 30.9 Å². The molecule has 5 heteroatoms. The van der Waals surface area contributed by atoms with Crippen molar-refractivity contribution in [2.24, 2.45) is 0 Å². The molecule has 5 nitrogen and oxygen atoms in total. The lowest BCUT2D eigenvalue weighted by molar-refractivity contribution is 0.0785. The third kappa shape index (κ3) is 4.07. The predicted octanol–water partition coefficient (Wildman–Crippen LogP) is 3.54. The van der Waals surface area contributed by atoms with Gasteiger partial charge in [0.2, 0.25) is 0 Å². The molecule has 0 fully saturated rings. The molecule has 0 radical (unpaired) electrons. The first-order valence-electron chi connectivity index (χ1n) is 8.24. The smallest absolute Gasteiger partial charge is 0.253 e. The monoisotopic (exact) mass is 335 g/mol. The van der Waals surface area contributed by atoms with Gasteiger partial charge in [0.15, 0.2) is 0 Å². The molecule has 0 atom stereocenters. The molecule has 0 N–H and O–H groups in total. The van der Waals surface area contributed by atoms with Gasteiger partial charge in [0.05, 0.1) is 18.5 Å². The van der Waals surface area contributed by atoms with E-state index in [0.29, 0.717) is 18.7 Å². The molecule has 3 rings (SSSR count). The minimum Gasteiger partial charge on any atom is -0.494 e. The summed E-state index contributed by atoms with van der Waals surface area (Å²) in [7, 11) is 1.79. The van der Waals surface area contributed by atoms with Gasteiger partial charge in [-0.15, -0.1) is 0 Å². The summed E-state index contributed by atoms with van der Waals surface area (Å²) in [5.41, 5.74) is 2.61. The van der Waals surface area contributed by atoms with Gasteiger partial charge < -0.3 is 9.64 Å². The molecule has 0 unspecified atom stereocenters. The predicted molar refractivity (Wildman–Crippen MR) is 97.0 cm³/mol. The molecule has 0 saturated heterocycles. The van der Waals surface area contributed by atoms with Crippen molar-refractivity contribution in [1.82, 2.24) is 14.7 Å². The lowest BCUT2D eigenvalue weighted by atomic mass is 10.2. The second-order valence-corrected chi connectivity index (χ2v) is 5.75. The van der Waals surface area contributed by atoms with Gasteiger partial charge in [-0.1, -0.05) is 18.2 Å². The third-order valence-corrected chi connectivity index (χ3v) is 3.84. The minimum absolute atomic E-state index is 0.0319. The highest BCUT2D eigenvalue weighted by molar-refractivity contribution is 5.94. The van der Waals surface area contributed by atoms with E-state index in [-0.39, 0.29) is 5.91 Å². The summed E-state index contributed by atoms with van der Waals surface area (Å²) >= 11 is 0. The fourth-order valence-corrected chi connectivity index (χ4v) is 2.59. The summed E-state index contributed by atoms with van der Waals surface area (Å²) in [4.78, 5) is 14.2. The first-order valence-corrected chi connectivity index (χ1v) is 8.24. The van der Waals surface area contributed by atoms with E-state index < -0.39 is 0 Å². The fourth-order valence-electron chi connectivity index (χ4n) is 2.59. The number of benzene rings is 2. The van der Waals surface area contributed by atoms with Crippen molar-refractivity contribution in [3.63, 3.8) is 0 Å². The normalized spacial score (nSPS) is 10.5. The second kappa shape index (κ2) is 7.66. The largest absolute Gasteiger partial charge is 0.494 e. The summed E-state index contributed by atoms with van der Waals surface area (Å²) in [5, 5.41) is 4.37. The number of nitrogens with zero attached hydrogens (tertiary/aromatic N) is 3. The molecular formula is C20H21N3O2. The Bertz CT molecular complexity index is 826. The van der Waals surface area contributed by atoms with E-state index in [4.69, 9.17) is 4.74 Å². The van der Waals surface area contributed by atoms with E-state index in [1.807, 2.05) is 60.3 Å². The van der Waals surface area contributed by atoms with E-state index in [2.05, 4.69) is 5.10 Å². The molecule has 2 aromatic carbocycles. The van der Waals surface area contributed by atoms with Crippen LogP contribution in [0, 0.1) is 0 Å². The molecule has 25 heavy (non-hydrogen) atoms. The van der Waals surface area contributed by atoms with Crippen LogP contribution in [0.25, 0.3) is 5.69 Å². The van der Waals surface area contributed by atoms with Crippen LogP contribution >= 0.6 is 0 Å².